The third-order valence-electron chi connectivity index (χ3n) is 5.18. The van der Waals surface area contributed by atoms with E-state index in [0.717, 1.165) is 18.7 Å². The summed E-state index contributed by atoms with van der Waals surface area (Å²) in [7, 11) is -2.08. The van der Waals surface area contributed by atoms with E-state index in [2.05, 4.69) is 4.90 Å². The number of morpholine rings is 1. The van der Waals surface area contributed by atoms with Gasteiger partial charge in [0.05, 0.1) is 24.2 Å². The Labute approximate surface area is 165 Å². The van der Waals surface area contributed by atoms with Gasteiger partial charge < -0.3 is 14.2 Å². The van der Waals surface area contributed by atoms with Crippen molar-refractivity contribution in [1.29, 1.82) is 0 Å². The molecule has 2 heterocycles. The van der Waals surface area contributed by atoms with E-state index >= 15 is 0 Å². The maximum absolute atomic E-state index is 13.4. The number of sulfonamides is 1. The molecule has 150 valence electrons. The SMILES string of the molecule is CN([C@H](CN1CCOCC1)c1ccccc1)S(=O)(=O)c1ccc2c(c1)OCO2. The Morgan fingerprint density at radius 2 is 1.75 bits per heavy atom. The van der Waals surface area contributed by atoms with Crippen molar-refractivity contribution >= 4 is 10.0 Å². The van der Waals surface area contributed by atoms with Crippen LogP contribution in [0.5, 0.6) is 11.5 Å². The Hall–Kier alpha value is -2.13. The minimum Gasteiger partial charge on any atom is -0.454 e. The highest BCUT2D eigenvalue weighted by molar-refractivity contribution is 7.89. The van der Waals surface area contributed by atoms with Crippen LogP contribution >= 0.6 is 0 Å². The van der Waals surface area contributed by atoms with Crippen LogP contribution in [0.25, 0.3) is 0 Å². The number of fused-ring (bicyclic) bond motifs is 1. The normalized spacial score (nSPS) is 18.4. The molecule has 28 heavy (non-hydrogen) atoms. The van der Waals surface area contributed by atoms with Gasteiger partial charge >= 0.3 is 0 Å². The van der Waals surface area contributed by atoms with E-state index in [1.807, 2.05) is 30.3 Å². The van der Waals surface area contributed by atoms with Gasteiger partial charge in [-0.2, -0.15) is 4.31 Å². The van der Waals surface area contributed by atoms with Gasteiger partial charge in [-0.05, 0) is 17.7 Å². The van der Waals surface area contributed by atoms with Gasteiger partial charge in [-0.15, -0.1) is 0 Å². The Kier molecular flexibility index (Phi) is 5.54. The Morgan fingerprint density at radius 1 is 1.04 bits per heavy atom. The molecule has 0 bridgehead atoms. The Morgan fingerprint density at radius 3 is 2.50 bits per heavy atom. The monoisotopic (exact) mass is 404 g/mol. The van der Waals surface area contributed by atoms with Gasteiger partial charge in [0.2, 0.25) is 16.8 Å². The maximum Gasteiger partial charge on any atom is 0.243 e. The fraction of sp³-hybridized carbons (Fsp3) is 0.400. The molecule has 0 unspecified atom stereocenters. The molecule has 7 nitrogen and oxygen atoms in total. The largest absolute Gasteiger partial charge is 0.454 e. The summed E-state index contributed by atoms with van der Waals surface area (Å²) in [6, 6.07) is 14.2. The summed E-state index contributed by atoms with van der Waals surface area (Å²) in [5.74, 6) is 1.02. The van der Waals surface area contributed by atoms with Crippen molar-refractivity contribution in [2.24, 2.45) is 0 Å². The predicted octanol–water partition coefficient (Wildman–Crippen LogP) is 2.11. The van der Waals surface area contributed by atoms with Crippen molar-refractivity contribution in [2.75, 3.05) is 46.7 Å². The van der Waals surface area contributed by atoms with Crippen LogP contribution < -0.4 is 9.47 Å². The molecule has 4 rings (SSSR count). The zero-order valence-electron chi connectivity index (χ0n) is 15.8. The average Bonchev–Trinajstić information content (AvgIpc) is 3.21. The quantitative estimate of drug-likeness (QED) is 0.735. The van der Waals surface area contributed by atoms with Gasteiger partial charge in [0.25, 0.3) is 0 Å². The number of likely N-dealkylation sites (N-methyl/N-ethyl adjacent to an activating group) is 1. The molecule has 0 aliphatic carbocycles. The Balaban J connectivity index is 1.64. The lowest BCUT2D eigenvalue weighted by Gasteiger charge is -2.34. The summed E-state index contributed by atoms with van der Waals surface area (Å²) in [5, 5.41) is 0. The van der Waals surface area contributed by atoms with Crippen LogP contribution in [0.3, 0.4) is 0 Å². The molecule has 0 aromatic heterocycles. The minimum atomic E-state index is -3.72. The second kappa shape index (κ2) is 8.08. The summed E-state index contributed by atoms with van der Waals surface area (Å²) in [5.41, 5.74) is 0.959. The third-order valence-corrected chi connectivity index (χ3v) is 7.04. The highest BCUT2D eigenvalue weighted by Crippen LogP contribution is 2.36. The molecular weight excluding hydrogens is 380 g/mol. The van der Waals surface area contributed by atoms with Crippen molar-refractivity contribution in [3.8, 4) is 11.5 Å². The molecule has 1 saturated heterocycles. The number of hydrogen-bond donors (Lipinski definition) is 0. The van der Waals surface area contributed by atoms with Crippen LogP contribution in [0, 0.1) is 0 Å². The summed E-state index contributed by atoms with van der Waals surface area (Å²) in [4.78, 5) is 2.44. The number of hydrogen-bond acceptors (Lipinski definition) is 6. The van der Waals surface area contributed by atoms with E-state index in [1.54, 1.807) is 19.2 Å². The van der Waals surface area contributed by atoms with E-state index in [1.165, 1.54) is 10.4 Å². The third kappa shape index (κ3) is 3.86. The van der Waals surface area contributed by atoms with E-state index < -0.39 is 10.0 Å². The smallest absolute Gasteiger partial charge is 0.243 e. The van der Waals surface area contributed by atoms with E-state index in [0.29, 0.717) is 31.3 Å². The number of benzene rings is 2. The molecular formula is C20H24N2O5S. The molecule has 8 heteroatoms. The zero-order chi connectivity index (χ0) is 19.6. The molecule has 0 amide bonds. The van der Waals surface area contributed by atoms with Crippen LogP contribution in [0.1, 0.15) is 11.6 Å². The molecule has 2 aromatic rings. The number of rotatable bonds is 6. The predicted molar refractivity (Wildman–Crippen MR) is 104 cm³/mol. The first-order chi connectivity index (χ1) is 13.6. The lowest BCUT2D eigenvalue weighted by Crippen LogP contribution is -2.43. The van der Waals surface area contributed by atoms with E-state index in [-0.39, 0.29) is 17.7 Å². The van der Waals surface area contributed by atoms with Gasteiger partial charge in [0, 0.05) is 32.7 Å². The fourth-order valence-corrected chi connectivity index (χ4v) is 4.86. The van der Waals surface area contributed by atoms with Gasteiger partial charge in [0.15, 0.2) is 11.5 Å². The van der Waals surface area contributed by atoms with Gasteiger partial charge in [0.1, 0.15) is 0 Å². The number of nitrogens with zero attached hydrogens (tertiary/aromatic N) is 2. The van der Waals surface area contributed by atoms with Crippen molar-refractivity contribution in [2.45, 2.75) is 10.9 Å². The second-order valence-electron chi connectivity index (χ2n) is 6.88. The lowest BCUT2D eigenvalue weighted by atomic mass is 10.1. The van der Waals surface area contributed by atoms with Crippen molar-refractivity contribution in [3.05, 3.63) is 54.1 Å². The van der Waals surface area contributed by atoms with Crippen LogP contribution in [0.2, 0.25) is 0 Å². The Bertz CT molecular complexity index is 913. The topological polar surface area (TPSA) is 68.3 Å². The molecule has 1 fully saturated rings. The first-order valence-corrected chi connectivity index (χ1v) is 10.7. The zero-order valence-corrected chi connectivity index (χ0v) is 16.6. The highest BCUT2D eigenvalue weighted by Gasteiger charge is 2.32. The molecule has 2 aromatic carbocycles. The molecule has 1 atom stereocenters. The van der Waals surface area contributed by atoms with Crippen molar-refractivity contribution < 1.29 is 22.6 Å². The van der Waals surface area contributed by atoms with Gasteiger partial charge in [-0.1, -0.05) is 30.3 Å². The van der Waals surface area contributed by atoms with Crippen LogP contribution in [-0.2, 0) is 14.8 Å². The van der Waals surface area contributed by atoms with Gasteiger partial charge in [-0.25, -0.2) is 8.42 Å². The summed E-state index contributed by atoms with van der Waals surface area (Å²) >= 11 is 0. The molecule has 0 saturated carbocycles. The second-order valence-corrected chi connectivity index (χ2v) is 8.87. The molecule has 2 aliphatic heterocycles. The molecule has 0 radical (unpaired) electrons. The molecule has 2 aliphatic rings. The van der Waals surface area contributed by atoms with Crippen LogP contribution in [0.4, 0.5) is 0 Å². The highest BCUT2D eigenvalue weighted by atomic mass is 32.2. The van der Waals surface area contributed by atoms with Crippen LogP contribution in [-0.4, -0.2) is 64.3 Å². The molecule has 0 N–H and O–H groups in total. The van der Waals surface area contributed by atoms with Gasteiger partial charge in [-0.3, -0.25) is 4.90 Å². The summed E-state index contributed by atoms with van der Waals surface area (Å²) < 4.78 is 44.3. The summed E-state index contributed by atoms with van der Waals surface area (Å²) in [6.07, 6.45) is 0. The van der Waals surface area contributed by atoms with Crippen LogP contribution in [0.15, 0.2) is 53.4 Å². The first-order valence-electron chi connectivity index (χ1n) is 9.28. The maximum atomic E-state index is 13.4. The van der Waals surface area contributed by atoms with Crippen molar-refractivity contribution in [3.63, 3.8) is 0 Å². The fourth-order valence-electron chi connectivity index (χ4n) is 3.50. The van der Waals surface area contributed by atoms with Crippen molar-refractivity contribution in [1.82, 2.24) is 9.21 Å². The number of ether oxygens (including phenoxy) is 3. The van der Waals surface area contributed by atoms with E-state index in [9.17, 15) is 8.42 Å². The summed E-state index contributed by atoms with van der Waals surface area (Å²) in [6.45, 7) is 3.63. The molecule has 0 spiro atoms. The lowest BCUT2D eigenvalue weighted by molar-refractivity contribution is 0.0300. The van der Waals surface area contributed by atoms with E-state index in [4.69, 9.17) is 14.2 Å². The first kappa shape index (κ1) is 19.2. The minimum absolute atomic E-state index is 0.109. The average molecular weight is 404 g/mol. The standard InChI is InChI=1S/C20H24N2O5S/c1-21(28(23,24)17-7-8-19-20(13-17)27-15-26-19)18(16-5-3-2-4-6-16)14-22-9-11-25-12-10-22/h2-8,13,18H,9-12,14-15H2,1H3/t18-/m1/s1.